The number of amides is 1. The van der Waals surface area contributed by atoms with Gasteiger partial charge in [0.2, 0.25) is 10.0 Å². The fourth-order valence-electron chi connectivity index (χ4n) is 3.65. The van der Waals surface area contributed by atoms with Crippen molar-refractivity contribution in [3.05, 3.63) is 87.7 Å². The molecule has 180 valence electrons. The van der Waals surface area contributed by atoms with Crippen LogP contribution in [-0.2, 0) is 10.0 Å². The summed E-state index contributed by atoms with van der Waals surface area (Å²) >= 11 is 12.0. The summed E-state index contributed by atoms with van der Waals surface area (Å²) in [6.45, 7) is 0.268. The number of rotatable bonds is 5. The third-order valence-electron chi connectivity index (χ3n) is 5.35. The molecular weight excluding hydrogens is 516 g/mol. The first-order chi connectivity index (χ1) is 16.7. The summed E-state index contributed by atoms with van der Waals surface area (Å²) in [6.07, 6.45) is 0. The summed E-state index contributed by atoms with van der Waals surface area (Å²) < 4.78 is 47.5. The average Bonchev–Trinajstić information content (AvgIpc) is 2.83. The lowest BCUT2D eigenvalue weighted by atomic mass is 10.2. The van der Waals surface area contributed by atoms with Gasteiger partial charge in [-0.1, -0.05) is 29.3 Å². The number of nitrogens with zero attached hydrogens (tertiary/aromatic N) is 3. The van der Waals surface area contributed by atoms with E-state index in [1.807, 2.05) is 6.07 Å². The number of carbonyl (C=O) groups excluding carboxylic acids is 1. The van der Waals surface area contributed by atoms with Crippen LogP contribution in [0, 0.1) is 17.1 Å². The number of nitriles is 1. The zero-order valence-electron chi connectivity index (χ0n) is 18.1. The minimum atomic E-state index is -4.09. The SMILES string of the molecule is N#Cc1ccc(Oc2cc(Cl)cc(Cl)c2)c(S(=O)(=O)N2CCN(C(=O)c3cccc(F)c3)CC2)c1. The second kappa shape index (κ2) is 10.2. The quantitative estimate of drug-likeness (QED) is 0.463. The zero-order valence-corrected chi connectivity index (χ0v) is 20.4. The fraction of sp³-hybridized carbons (Fsp3) is 0.167. The molecule has 0 bridgehead atoms. The molecule has 1 fully saturated rings. The maximum atomic E-state index is 13.5. The molecule has 7 nitrogen and oxygen atoms in total. The molecule has 4 rings (SSSR count). The second-order valence-corrected chi connectivity index (χ2v) is 10.5. The lowest BCUT2D eigenvalue weighted by Gasteiger charge is -2.34. The molecule has 3 aromatic rings. The van der Waals surface area contributed by atoms with Gasteiger partial charge in [-0.15, -0.1) is 0 Å². The summed E-state index contributed by atoms with van der Waals surface area (Å²) in [5, 5.41) is 9.93. The van der Waals surface area contributed by atoms with E-state index in [0.29, 0.717) is 10.0 Å². The van der Waals surface area contributed by atoms with Crippen LogP contribution in [0.4, 0.5) is 4.39 Å². The number of piperazine rings is 1. The molecule has 0 aromatic heterocycles. The van der Waals surface area contributed by atoms with Crippen molar-refractivity contribution in [3.8, 4) is 17.6 Å². The summed E-state index contributed by atoms with van der Waals surface area (Å²) in [4.78, 5) is 14.0. The predicted octanol–water partition coefficient (Wildman–Crippen LogP) is 4.94. The van der Waals surface area contributed by atoms with E-state index in [2.05, 4.69) is 0 Å². The van der Waals surface area contributed by atoms with Crippen LogP contribution in [0.1, 0.15) is 15.9 Å². The molecule has 1 saturated heterocycles. The van der Waals surface area contributed by atoms with Crippen LogP contribution in [-0.4, -0.2) is 49.7 Å². The first kappa shape index (κ1) is 24.9. The Morgan fingerprint density at radius 2 is 1.66 bits per heavy atom. The van der Waals surface area contributed by atoms with Crippen molar-refractivity contribution in [1.29, 1.82) is 5.26 Å². The van der Waals surface area contributed by atoms with Crippen molar-refractivity contribution in [2.45, 2.75) is 4.90 Å². The van der Waals surface area contributed by atoms with Gasteiger partial charge >= 0.3 is 0 Å². The zero-order chi connectivity index (χ0) is 25.2. The lowest BCUT2D eigenvalue weighted by molar-refractivity contribution is 0.0697. The number of ether oxygens (including phenoxy) is 1. The molecule has 0 radical (unpaired) electrons. The molecule has 11 heteroatoms. The van der Waals surface area contributed by atoms with Crippen LogP contribution in [0.25, 0.3) is 0 Å². The Balaban J connectivity index is 1.57. The van der Waals surface area contributed by atoms with Crippen LogP contribution >= 0.6 is 23.2 Å². The molecule has 1 aliphatic rings. The van der Waals surface area contributed by atoms with E-state index in [1.54, 1.807) is 0 Å². The molecule has 1 heterocycles. The smallest absolute Gasteiger partial charge is 0.254 e. The first-order valence-electron chi connectivity index (χ1n) is 10.4. The highest BCUT2D eigenvalue weighted by molar-refractivity contribution is 7.89. The Morgan fingerprint density at radius 1 is 0.971 bits per heavy atom. The molecule has 0 atom stereocenters. The third kappa shape index (κ3) is 5.57. The maximum absolute atomic E-state index is 13.5. The van der Waals surface area contributed by atoms with Gasteiger partial charge in [0.15, 0.2) is 0 Å². The molecule has 1 amide bonds. The summed E-state index contributed by atoms with van der Waals surface area (Å²) in [6, 6.07) is 15.8. The summed E-state index contributed by atoms with van der Waals surface area (Å²) in [5.41, 5.74) is 0.332. The predicted molar refractivity (Wildman–Crippen MR) is 129 cm³/mol. The molecule has 0 saturated carbocycles. The number of hydrogen-bond acceptors (Lipinski definition) is 5. The van der Waals surface area contributed by atoms with Gasteiger partial charge in [-0.3, -0.25) is 4.79 Å². The van der Waals surface area contributed by atoms with Crippen molar-refractivity contribution >= 4 is 39.1 Å². The van der Waals surface area contributed by atoms with Gasteiger partial charge in [0.25, 0.3) is 5.91 Å². The average molecular weight is 534 g/mol. The van der Waals surface area contributed by atoms with Crippen LogP contribution in [0.3, 0.4) is 0 Å². The Hall–Kier alpha value is -3.16. The highest BCUT2D eigenvalue weighted by Gasteiger charge is 2.33. The molecule has 0 aliphatic carbocycles. The van der Waals surface area contributed by atoms with Gasteiger partial charge in [-0.05, 0) is 54.6 Å². The van der Waals surface area contributed by atoms with E-state index in [1.165, 1.54) is 63.8 Å². The van der Waals surface area contributed by atoms with Gasteiger partial charge in [0.1, 0.15) is 22.2 Å². The van der Waals surface area contributed by atoms with Crippen LogP contribution in [0.2, 0.25) is 10.0 Å². The van der Waals surface area contributed by atoms with Gasteiger partial charge < -0.3 is 9.64 Å². The second-order valence-electron chi connectivity index (χ2n) is 7.69. The van der Waals surface area contributed by atoms with Crippen molar-refractivity contribution in [2.24, 2.45) is 0 Å². The van der Waals surface area contributed by atoms with E-state index in [-0.39, 0.29) is 59.6 Å². The molecule has 0 unspecified atom stereocenters. The van der Waals surface area contributed by atoms with Gasteiger partial charge in [0.05, 0.1) is 11.6 Å². The lowest BCUT2D eigenvalue weighted by Crippen LogP contribution is -2.50. The maximum Gasteiger partial charge on any atom is 0.254 e. The Kier molecular flexibility index (Phi) is 7.28. The highest BCUT2D eigenvalue weighted by Crippen LogP contribution is 2.34. The standard InChI is InChI=1S/C24H18Cl2FN3O4S/c25-18-12-19(26)14-21(13-18)34-22-5-4-16(15-28)10-23(22)35(32,33)30-8-6-29(7-9-30)24(31)17-2-1-3-20(27)11-17/h1-5,10-14H,6-9H2. The topological polar surface area (TPSA) is 90.7 Å². The number of sulfonamides is 1. The normalized spacial score (nSPS) is 14.4. The minimum absolute atomic E-state index is 0.000556. The molecule has 0 spiro atoms. The van der Waals surface area contributed by atoms with Crippen LogP contribution < -0.4 is 4.74 Å². The van der Waals surface area contributed by atoms with E-state index >= 15 is 0 Å². The van der Waals surface area contributed by atoms with Crippen LogP contribution in [0.5, 0.6) is 11.5 Å². The molecule has 3 aromatic carbocycles. The van der Waals surface area contributed by atoms with E-state index in [4.69, 9.17) is 27.9 Å². The van der Waals surface area contributed by atoms with Gasteiger partial charge in [0, 0.05) is 41.8 Å². The minimum Gasteiger partial charge on any atom is -0.456 e. The Bertz CT molecular complexity index is 1410. The first-order valence-corrected chi connectivity index (χ1v) is 12.6. The van der Waals surface area contributed by atoms with Crippen molar-refractivity contribution in [1.82, 2.24) is 9.21 Å². The summed E-state index contributed by atoms with van der Waals surface area (Å²) in [5.74, 6) is -0.674. The van der Waals surface area contributed by atoms with Gasteiger partial charge in [-0.2, -0.15) is 9.57 Å². The highest BCUT2D eigenvalue weighted by atomic mass is 35.5. The number of hydrogen-bond donors (Lipinski definition) is 0. The largest absolute Gasteiger partial charge is 0.456 e. The van der Waals surface area contributed by atoms with Crippen molar-refractivity contribution < 1.29 is 22.3 Å². The van der Waals surface area contributed by atoms with Crippen molar-refractivity contribution in [2.75, 3.05) is 26.2 Å². The number of benzene rings is 3. The molecule has 35 heavy (non-hydrogen) atoms. The fourth-order valence-corrected chi connectivity index (χ4v) is 5.72. The molecular formula is C24H18Cl2FN3O4S. The van der Waals surface area contributed by atoms with E-state index in [0.717, 1.165) is 6.07 Å². The van der Waals surface area contributed by atoms with Crippen molar-refractivity contribution in [3.63, 3.8) is 0 Å². The summed E-state index contributed by atoms with van der Waals surface area (Å²) in [7, 11) is -4.09. The Morgan fingerprint density at radius 3 is 2.29 bits per heavy atom. The third-order valence-corrected chi connectivity index (χ3v) is 7.71. The van der Waals surface area contributed by atoms with Crippen LogP contribution in [0.15, 0.2) is 65.6 Å². The van der Waals surface area contributed by atoms with E-state index in [9.17, 15) is 22.9 Å². The number of carbonyl (C=O) groups is 1. The van der Waals surface area contributed by atoms with E-state index < -0.39 is 15.8 Å². The monoisotopic (exact) mass is 533 g/mol. The molecule has 1 aliphatic heterocycles. The number of halogens is 3. The van der Waals surface area contributed by atoms with Gasteiger partial charge in [-0.25, -0.2) is 12.8 Å². The Labute approximate surface area is 211 Å². The molecule has 0 N–H and O–H groups in total.